The van der Waals surface area contributed by atoms with E-state index in [2.05, 4.69) is 11.8 Å². The minimum absolute atomic E-state index is 0.188. The van der Waals surface area contributed by atoms with Gasteiger partial charge >= 0.3 is 0 Å². The molecule has 2 rings (SSSR count). The molecule has 0 aromatic carbocycles. The lowest BCUT2D eigenvalue weighted by Gasteiger charge is -2.46. The van der Waals surface area contributed by atoms with Crippen LogP contribution in [0.3, 0.4) is 0 Å². The Morgan fingerprint density at radius 2 is 2.15 bits per heavy atom. The second kappa shape index (κ2) is 3.58. The highest BCUT2D eigenvalue weighted by Crippen LogP contribution is 2.34. The molecule has 0 aromatic rings. The quantitative estimate of drug-likeness (QED) is 0.703. The van der Waals surface area contributed by atoms with Crippen molar-refractivity contribution in [3.05, 3.63) is 0 Å². The highest BCUT2D eigenvalue weighted by molar-refractivity contribution is 4.89. The summed E-state index contributed by atoms with van der Waals surface area (Å²) in [5, 5.41) is 9.31. The normalized spacial score (nSPS) is 37.4. The van der Waals surface area contributed by atoms with Crippen LogP contribution in [0, 0.1) is 5.41 Å². The maximum absolute atomic E-state index is 9.31. The zero-order chi connectivity index (χ0) is 9.31. The van der Waals surface area contributed by atoms with E-state index in [0.717, 1.165) is 12.6 Å². The maximum Gasteiger partial charge on any atom is 0.0497 e. The lowest BCUT2D eigenvalue weighted by atomic mass is 9.80. The average Bonchev–Trinajstić information content (AvgIpc) is 2.01. The molecule has 0 amide bonds. The van der Waals surface area contributed by atoms with Gasteiger partial charge in [-0.25, -0.2) is 0 Å². The molecule has 2 fully saturated rings. The summed E-state index contributed by atoms with van der Waals surface area (Å²) in [4.78, 5) is 2.60. The first kappa shape index (κ1) is 9.47. The van der Waals surface area contributed by atoms with Gasteiger partial charge in [-0.3, -0.25) is 4.90 Å². The molecule has 1 unspecified atom stereocenters. The Kier molecular flexibility index (Phi) is 2.61. The SMILES string of the molecule is CC1(CO)CCCN(C2CCC2)C1. The van der Waals surface area contributed by atoms with Crippen molar-refractivity contribution in [1.82, 2.24) is 4.90 Å². The second-order valence-electron chi connectivity index (χ2n) is 5.13. The van der Waals surface area contributed by atoms with Gasteiger partial charge in [-0.2, -0.15) is 0 Å². The second-order valence-corrected chi connectivity index (χ2v) is 5.13. The lowest BCUT2D eigenvalue weighted by Crippen LogP contribution is -2.50. The van der Waals surface area contributed by atoms with Crippen LogP contribution in [0.1, 0.15) is 39.0 Å². The first-order valence-corrected chi connectivity index (χ1v) is 5.58. The molecular formula is C11H21NO. The number of rotatable bonds is 2. The standard InChI is InChI=1S/C11H21NO/c1-11(9-13)6-3-7-12(8-11)10-4-2-5-10/h10,13H,2-9H2,1H3. The number of aliphatic hydroxyl groups is 1. The van der Waals surface area contributed by atoms with Crippen LogP contribution in [0.5, 0.6) is 0 Å². The van der Waals surface area contributed by atoms with Crippen molar-refractivity contribution in [3.63, 3.8) is 0 Å². The molecule has 13 heavy (non-hydrogen) atoms. The fourth-order valence-corrected chi connectivity index (χ4v) is 2.55. The van der Waals surface area contributed by atoms with Gasteiger partial charge in [0.2, 0.25) is 0 Å². The van der Waals surface area contributed by atoms with Crippen LogP contribution >= 0.6 is 0 Å². The highest BCUT2D eigenvalue weighted by Gasteiger charge is 2.35. The minimum atomic E-state index is 0.188. The van der Waals surface area contributed by atoms with Gasteiger partial charge in [-0.15, -0.1) is 0 Å². The molecule has 0 radical (unpaired) electrons. The minimum Gasteiger partial charge on any atom is -0.396 e. The summed E-state index contributed by atoms with van der Waals surface area (Å²) in [6.45, 7) is 4.96. The third kappa shape index (κ3) is 1.89. The van der Waals surface area contributed by atoms with Gasteiger partial charge < -0.3 is 5.11 Å². The van der Waals surface area contributed by atoms with Gasteiger partial charge in [-0.1, -0.05) is 13.3 Å². The van der Waals surface area contributed by atoms with Crippen molar-refractivity contribution in [3.8, 4) is 0 Å². The van der Waals surface area contributed by atoms with Crippen LogP contribution in [0.15, 0.2) is 0 Å². The lowest BCUT2D eigenvalue weighted by molar-refractivity contribution is 0.00515. The Hall–Kier alpha value is -0.0800. The van der Waals surface area contributed by atoms with Crippen LogP contribution in [-0.4, -0.2) is 35.7 Å². The van der Waals surface area contributed by atoms with E-state index >= 15 is 0 Å². The van der Waals surface area contributed by atoms with Crippen molar-refractivity contribution in [1.29, 1.82) is 0 Å². The highest BCUT2D eigenvalue weighted by atomic mass is 16.3. The molecular weight excluding hydrogens is 162 g/mol. The van der Waals surface area contributed by atoms with Gasteiger partial charge in [0, 0.05) is 24.6 Å². The molecule has 0 aromatic heterocycles. The summed E-state index contributed by atoms with van der Waals surface area (Å²) in [7, 11) is 0. The molecule has 76 valence electrons. The van der Waals surface area contributed by atoms with Crippen molar-refractivity contribution in [2.75, 3.05) is 19.7 Å². The molecule has 2 nitrogen and oxygen atoms in total. The predicted octanol–water partition coefficient (Wildman–Crippen LogP) is 1.63. The molecule has 1 aliphatic carbocycles. The maximum atomic E-state index is 9.31. The fraction of sp³-hybridized carbons (Fsp3) is 1.00. The number of piperidine rings is 1. The summed E-state index contributed by atoms with van der Waals surface area (Å²) in [6, 6.07) is 0.853. The predicted molar refractivity (Wildman–Crippen MR) is 53.6 cm³/mol. The Morgan fingerprint density at radius 3 is 2.69 bits per heavy atom. The molecule has 1 heterocycles. The smallest absolute Gasteiger partial charge is 0.0497 e. The topological polar surface area (TPSA) is 23.5 Å². The van der Waals surface area contributed by atoms with E-state index < -0.39 is 0 Å². The van der Waals surface area contributed by atoms with Crippen molar-refractivity contribution in [2.24, 2.45) is 5.41 Å². The van der Waals surface area contributed by atoms with E-state index in [1.54, 1.807) is 0 Å². The van der Waals surface area contributed by atoms with E-state index in [1.165, 1.54) is 38.6 Å². The largest absolute Gasteiger partial charge is 0.396 e. The first-order valence-electron chi connectivity index (χ1n) is 5.58. The number of hydrogen-bond donors (Lipinski definition) is 1. The molecule has 1 aliphatic heterocycles. The summed E-state index contributed by atoms with van der Waals surface area (Å²) < 4.78 is 0. The Bertz CT molecular complexity index is 179. The third-order valence-electron chi connectivity index (χ3n) is 3.78. The van der Waals surface area contributed by atoms with Crippen LogP contribution in [0.4, 0.5) is 0 Å². The molecule has 1 saturated carbocycles. The Morgan fingerprint density at radius 1 is 1.38 bits per heavy atom. The third-order valence-corrected chi connectivity index (χ3v) is 3.78. The van der Waals surface area contributed by atoms with E-state index in [9.17, 15) is 5.11 Å². The van der Waals surface area contributed by atoms with Crippen molar-refractivity contribution >= 4 is 0 Å². The molecule has 1 atom stereocenters. The van der Waals surface area contributed by atoms with E-state index in [4.69, 9.17) is 0 Å². The Labute approximate surface area is 80.9 Å². The summed E-state index contributed by atoms with van der Waals surface area (Å²) in [6.07, 6.45) is 6.67. The Balaban J connectivity index is 1.91. The van der Waals surface area contributed by atoms with Crippen molar-refractivity contribution < 1.29 is 5.11 Å². The van der Waals surface area contributed by atoms with Gasteiger partial charge in [-0.05, 0) is 32.2 Å². The zero-order valence-electron chi connectivity index (χ0n) is 8.63. The van der Waals surface area contributed by atoms with Crippen LogP contribution < -0.4 is 0 Å². The number of nitrogens with zero attached hydrogens (tertiary/aromatic N) is 1. The molecule has 2 aliphatic rings. The monoisotopic (exact) mass is 183 g/mol. The van der Waals surface area contributed by atoms with Gasteiger partial charge in [0.1, 0.15) is 0 Å². The molecule has 2 heteroatoms. The van der Waals surface area contributed by atoms with E-state index in [-0.39, 0.29) is 5.41 Å². The van der Waals surface area contributed by atoms with E-state index in [1.807, 2.05) is 0 Å². The average molecular weight is 183 g/mol. The summed E-state index contributed by atoms with van der Waals surface area (Å²) in [5.74, 6) is 0. The summed E-state index contributed by atoms with van der Waals surface area (Å²) in [5.41, 5.74) is 0.188. The molecule has 0 spiro atoms. The molecule has 1 N–H and O–H groups in total. The van der Waals surface area contributed by atoms with Crippen LogP contribution in [-0.2, 0) is 0 Å². The fourth-order valence-electron chi connectivity index (χ4n) is 2.55. The number of hydrogen-bond acceptors (Lipinski definition) is 2. The number of likely N-dealkylation sites (tertiary alicyclic amines) is 1. The van der Waals surface area contributed by atoms with Gasteiger partial charge in [0.15, 0.2) is 0 Å². The van der Waals surface area contributed by atoms with E-state index in [0.29, 0.717) is 6.61 Å². The van der Waals surface area contributed by atoms with Gasteiger partial charge in [0.25, 0.3) is 0 Å². The van der Waals surface area contributed by atoms with Gasteiger partial charge in [0.05, 0.1) is 0 Å². The zero-order valence-corrected chi connectivity index (χ0v) is 8.63. The van der Waals surface area contributed by atoms with Crippen molar-refractivity contribution in [2.45, 2.75) is 45.1 Å². The van der Waals surface area contributed by atoms with Crippen LogP contribution in [0.2, 0.25) is 0 Å². The van der Waals surface area contributed by atoms with Crippen LogP contribution in [0.25, 0.3) is 0 Å². The molecule has 1 saturated heterocycles. The first-order chi connectivity index (χ1) is 6.23. The summed E-state index contributed by atoms with van der Waals surface area (Å²) >= 11 is 0. The molecule has 0 bridgehead atoms. The number of aliphatic hydroxyl groups excluding tert-OH is 1.